The third-order valence-corrected chi connectivity index (χ3v) is 3.35. The van der Waals surface area contributed by atoms with Crippen molar-refractivity contribution in [3.8, 4) is 0 Å². The third kappa shape index (κ3) is 6.45. The fourth-order valence-electron chi connectivity index (χ4n) is 1.72. The molecule has 0 aromatic heterocycles. The highest BCUT2D eigenvalue weighted by Gasteiger charge is 2.30. The summed E-state index contributed by atoms with van der Waals surface area (Å²) in [5, 5.41) is 0. The molecule has 0 saturated heterocycles. The molecule has 0 radical (unpaired) electrons. The monoisotopic (exact) mass is 252 g/mol. The molecule has 5 heteroatoms. The van der Waals surface area contributed by atoms with Crippen LogP contribution in [0.4, 0.5) is 0 Å². The van der Waals surface area contributed by atoms with E-state index in [0.29, 0.717) is 6.42 Å². The van der Waals surface area contributed by atoms with Crippen LogP contribution in [0.25, 0.3) is 0 Å². The van der Waals surface area contributed by atoms with Crippen LogP contribution in [0.1, 0.15) is 59.8 Å². The first-order valence-corrected chi connectivity index (χ1v) is 7.32. The SMILES string of the molecule is CCCOS(=O)(=O)OC(C)(CCC)CCC. The second-order valence-electron chi connectivity index (χ2n) is 4.26. The molecule has 0 amide bonds. The van der Waals surface area contributed by atoms with Crippen LogP contribution in [0, 0.1) is 0 Å². The van der Waals surface area contributed by atoms with Crippen molar-refractivity contribution in [1.82, 2.24) is 0 Å². The van der Waals surface area contributed by atoms with Crippen LogP contribution in [0.3, 0.4) is 0 Å². The van der Waals surface area contributed by atoms with E-state index in [4.69, 9.17) is 8.37 Å². The van der Waals surface area contributed by atoms with Crippen molar-refractivity contribution in [2.75, 3.05) is 6.61 Å². The van der Waals surface area contributed by atoms with Gasteiger partial charge in [0.25, 0.3) is 0 Å². The minimum atomic E-state index is -3.85. The zero-order valence-corrected chi connectivity index (χ0v) is 11.6. The van der Waals surface area contributed by atoms with Crippen molar-refractivity contribution >= 4 is 10.4 Å². The van der Waals surface area contributed by atoms with Gasteiger partial charge >= 0.3 is 10.4 Å². The summed E-state index contributed by atoms with van der Waals surface area (Å²) in [5.41, 5.74) is -0.629. The molecule has 0 heterocycles. The Morgan fingerprint density at radius 2 is 1.50 bits per heavy atom. The molecule has 0 unspecified atom stereocenters. The van der Waals surface area contributed by atoms with Crippen LogP contribution in [0.15, 0.2) is 0 Å². The van der Waals surface area contributed by atoms with Gasteiger partial charge in [-0.05, 0) is 26.2 Å². The molecule has 0 aliphatic heterocycles. The average molecular weight is 252 g/mol. The second-order valence-corrected chi connectivity index (χ2v) is 5.48. The van der Waals surface area contributed by atoms with E-state index in [9.17, 15) is 8.42 Å². The highest BCUT2D eigenvalue weighted by Crippen LogP contribution is 2.26. The van der Waals surface area contributed by atoms with Gasteiger partial charge in [0.15, 0.2) is 0 Å². The van der Waals surface area contributed by atoms with Crippen molar-refractivity contribution < 1.29 is 16.8 Å². The standard InChI is InChI=1S/C11H24O4S/c1-5-8-11(4,9-6-2)15-16(12,13)14-10-7-3/h5-10H2,1-4H3. The predicted molar refractivity (Wildman–Crippen MR) is 64.5 cm³/mol. The summed E-state index contributed by atoms with van der Waals surface area (Å²) in [6.07, 6.45) is 3.87. The Kier molecular flexibility index (Phi) is 7.19. The molecule has 0 bridgehead atoms. The van der Waals surface area contributed by atoms with E-state index < -0.39 is 16.0 Å². The first-order valence-electron chi connectivity index (χ1n) is 5.99. The minimum absolute atomic E-state index is 0.177. The molecule has 0 rings (SSSR count). The molecular weight excluding hydrogens is 228 g/mol. The van der Waals surface area contributed by atoms with Crippen LogP contribution in [0.2, 0.25) is 0 Å². The van der Waals surface area contributed by atoms with E-state index in [1.165, 1.54) is 0 Å². The maximum Gasteiger partial charge on any atom is 0.400 e. The van der Waals surface area contributed by atoms with Crippen LogP contribution in [0.5, 0.6) is 0 Å². The van der Waals surface area contributed by atoms with Crippen LogP contribution in [-0.2, 0) is 18.8 Å². The van der Waals surface area contributed by atoms with Crippen LogP contribution in [-0.4, -0.2) is 20.6 Å². The fraction of sp³-hybridized carbons (Fsp3) is 1.00. The summed E-state index contributed by atoms with van der Waals surface area (Å²) in [5.74, 6) is 0. The predicted octanol–water partition coefficient (Wildman–Crippen LogP) is 3.03. The Balaban J connectivity index is 4.48. The summed E-state index contributed by atoms with van der Waals surface area (Å²) >= 11 is 0. The maximum atomic E-state index is 11.5. The molecule has 4 nitrogen and oxygen atoms in total. The number of hydrogen-bond donors (Lipinski definition) is 0. The van der Waals surface area contributed by atoms with Crippen LogP contribution >= 0.6 is 0 Å². The molecule has 0 saturated carbocycles. The molecule has 0 aromatic rings. The van der Waals surface area contributed by atoms with Crippen molar-refractivity contribution in [2.24, 2.45) is 0 Å². The lowest BCUT2D eigenvalue weighted by Gasteiger charge is -2.27. The highest BCUT2D eigenvalue weighted by atomic mass is 32.3. The van der Waals surface area contributed by atoms with Crippen LogP contribution < -0.4 is 0 Å². The van der Waals surface area contributed by atoms with Gasteiger partial charge in [0.1, 0.15) is 0 Å². The Bertz CT molecular complexity index is 266. The lowest BCUT2D eigenvalue weighted by atomic mass is 9.95. The number of hydrogen-bond acceptors (Lipinski definition) is 4. The zero-order chi connectivity index (χ0) is 12.7. The largest absolute Gasteiger partial charge is 0.400 e. The molecule has 0 aliphatic rings. The smallest absolute Gasteiger partial charge is 0.248 e. The molecule has 16 heavy (non-hydrogen) atoms. The van der Waals surface area contributed by atoms with E-state index in [0.717, 1.165) is 25.7 Å². The van der Waals surface area contributed by atoms with Gasteiger partial charge in [-0.1, -0.05) is 33.6 Å². The quantitative estimate of drug-likeness (QED) is 0.633. The maximum absolute atomic E-state index is 11.5. The molecule has 0 atom stereocenters. The second kappa shape index (κ2) is 7.25. The van der Waals surface area contributed by atoms with Gasteiger partial charge in [0.2, 0.25) is 0 Å². The fourth-order valence-corrected chi connectivity index (χ4v) is 2.80. The van der Waals surface area contributed by atoms with Crippen molar-refractivity contribution in [2.45, 2.75) is 65.4 Å². The lowest BCUT2D eigenvalue weighted by Crippen LogP contribution is -2.32. The van der Waals surface area contributed by atoms with Gasteiger partial charge in [-0.25, -0.2) is 8.37 Å². The van der Waals surface area contributed by atoms with E-state index in [1.54, 1.807) is 0 Å². The van der Waals surface area contributed by atoms with Crippen molar-refractivity contribution in [3.05, 3.63) is 0 Å². The first kappa shape index (κ1) is 15.9. The summed E-state index contributed by atoms with van der Waals surface area (Å²) < 4.78 is 32.9. The third-order valence-electron chi connectivity index (χ3n) is 2.29. The van der Waals surface area contributed by atoms with E-state index in [1.807, 2.05) is 27.7 Å². The van der Waals surface area contributed by atoms with Crippen molar-refractivity contribution in [1.29, 1.82) is 0 Å². The normalized spacial score (nSPS) is 13.0. The lowest BCUT2D eigenvalue weighted by molar-refractivity contribution is 0.0526. The van der Waals surface area contributed by atoms with E-state index in [2.05, 4.69) is 0 Å². The highest BCUT2D eigenvalue weighted by molar-refractivity contribution is 7.81. The Morgan fingerprint density at radius 1 is 1.00 bits per heavy atom. The Labute approximate surface area is 99.7 Å². The average Bonchev–Trinajstić information content (AvgIpc) is 2.14. The molecule has 0 spiro atoms. The molecule has 0 fully saturated rings. The number of rotatable bonds is 9. The topological polar surface area (TPSA) is 52.6 Å². The van der Waals surface area contributed by atoms with Gasteiger partial charge in [-0.3, -0.25) is 0 Å². The van der Waals surface area contributed by atoms with Gasteiger partial charge in [-0.15, -0.1) is 0 Å². The van der Waals surface area contributed by atoms with Gasteiger partial charge in [0.05, 0.1) is 12.2 Å². The zero-order valence-electron chi connectivity index (χ0n) is 10.8. The molecular formula is C11H24O4S. The van der Waals surface area contributed by atoms with Gasteiger partial charge < -0.3 is 0 Å². The molecule has 0 aliphatic carbocycles. The summed E-state index contributed by atoms with van der Waals surface area (Å²) in [4.78, 5) is 0. The van der Waals surface area contributed by atoms with Gasteiger partial charge in [-0.2, -0.15) is 8.42 Å². The Hall–Kier alpha value is -0.130. The first-order chi connectivity index (χ1) is 7.39. The Morgan fingerprint density at radius 3 is 1.88 bits per heavy atom. The summed E-state index contributed by atoms with van der Waals surface area (Å²) in [7, 11) is -3.85. The van der Waals surface area contributed by atoms with E-state index in [-0.39, 0.29) is 6.61 Å². The molecule has 0 N–H and O–H groups in total. The van der Waals surface area contributed by atoms with Crippen molar-refractivity contribution in [3.63, 3.8) is 0 Å². The summed E-state index contributed by atoms with van der Waals surface area (Å²) in [6.45, 7) is 7.88. The molecule has 98 valence electrons. The summed E-state index contributed by atoms with van der Waals surface area (Å²) in [6, 6.07) is 0. The molecule has 0 aromatic carbocycles. The van der Waals surface area contributed by atoms with Gasteiger partial charge in [0, 0.05) is 0 Å². The van der Waals surface area contributed by atoms with E-state index >= 15 is 0 Å². The minimum Gasteiger partial charge on any atom is -0.248 e.